The Hall–Kier alpha value is -4.15. The molecule has 2 aromatic carbocycles. The molecule has 2 heterocycles. The van der Waals surface area contributed by atoms with Crippen molar-refractivity contribution in [1.82, 2.24) is 30.1 Å². The van der Waals surface area contributed by atoms with E-state index in [9.17, 15) is 18.0 Å². The average Bonchev–Trinajstić information content (AvgIpc) is 3.45. The molecule has 8 nitrogen and oxygen atoms in total. The molecule has 4 aromatic rings. The zero-order chi connectivity index (χ0) is 23.6. The van der Waals surface area contributed by atoms with Gasteiger partial charge in [-0.3, -0.25) is 4.79 Å². The summed E-state index contributed by atoms with van der Waals surface area (Å²) < 4.78 is 46.1. The van der Waals surface area contributed by atoms with Crippen molar-refractivity contribution in [2.24, 2.45) is 0 Å². The summed E-state index contributed by atoms with van der Waals surface area (Å²) >= 11 is 0. The summed E-state index contributed by atoms with van der Waals surface area (Å²) in [7, 11) is 1.56. The maximum atomic E-state index is 12.7. The van der Waals surface area contributed by atoms with E-state index in [4.69, 9.17) is 4.74 Å². The third kappa shape index (κ3) is 4.71. The van der Waals surface area contributed by atoms with Gasteiger partial charge in [0.15, 0.2) is 11.4 Å². The average molecular weight is 456 g/mol. The molecular formula is C22H19F3N6O2. The van der Waals surface area contributed by atoms with E-state index in [1.807, 2.05) is 12.1 Å². The van der Waals surface area contributed by atoms with Crippen molar-refractivity contribution in [2.75, 3.05) is 7.11 Å². The quantitative estimate of drug-likeness (QED) is 0.478. The number of nitrogens with zero attached hydrogens (tertiary/aromatic N) is 5. The number of hydrogen-bond acceptors (Lipinski definition) is 5. The Morgan fingerprint density at radius 3 is 2.52 bits per heavy atom. The van der Waals surface area contributed by atoms with Gasteiger partial charge in [-0.1, -0.05) is 23.4 Å². The Morgan fingerprint density at radius 1 is 1.09 bits per heavy atom. The van der Waals surface area contributed by atoms with E-state index in [0.29, 0.717) is 22.8 Å². The first-order valence-corrected chi connectivity index (χ1v) is 9.83. The van der Waals surface area contributed by atoms with Gasteiger partial charge in [-0.25, -0.2) is 9.36 Å². The fourth-order valence-corrected chi connectivity index (χ4v) is 3.18. The number of rotatable bonds is 6. The van der Waals surface area contributed by atoms with Crippen LogP contribution in [0, 0.1) is 6.92 Å². The van der Waals surface area contributed by atoms with Crippen molar-refractivity contribution in [3.05, 3.63) is 83.4 Å². The van der Waals surface area contributed by atoms with Crippen molar-refractivity contribution in [2.45, 2.75) is 19.6 Å². The Bertz CT molecular complexity index is 1280. The van der Waals surface area contributed by atoms with Crippen LogP contribution in [0.5, 0.6) is 5.75 Å². The number of ether oxygens (including phenoxy) is 1. The summed E-state index contributed by atoms with van der Waals surface area (Å²) in [6.45, 7) is 1.94. The topological polar surface area (TPSA) is 86.9 Å². The maximum absolute atomic E-state index is 12.7. The van der Waals surface area contributed by atoms with Crippen LogP contribution in [0.3, 0.4) is 0 Å². The number of amides is 1. The van der Waals surface area contributed by atoms with Crippen LogP contribution in [0.4, 0.5) is 13.2 Å². The zero-order valence-corrected chi connectivity index (χ0v) is 17.7. The number of carbonyl (C=O) groups excluding carboxylic acids is 1. The van der Waals surface area contributed by atoms with Gasteiger partial charge in [0, 0.05) is 18.8 Å². The normalized spacial score (nSPS) is 11.4. The lowest BCUT2D eigenvalue weighted by Crippen LogP contribution is -2.24. The van der Waals surface area contributed by atoms with Gasteiger partial charge in [0.25, 0.3) is 5.91 Å². The Labute approximate surface area is 186 Å². The predicted octanol–water partition coefficient (Wildman–Crippen LogP) is 3.72. The van der Waals surface area contributed by atoms with Gasteiger partial charge in [-0.2, -0.15) is 18.3 Å². The molecule has 0 spiro atoms. The first-order chi connectivity index (χ1) is 15.8. The highest BCUT2D eigenvalue weighted by atomic mass is 19.4. The molecule has 4 rings (SSSR count). The number of benzene rings is 2. The van der Waals surface area contributed by atoms with Gasteiger partial charge < -0.3 is 10.1 Å². The lowest BCUT2D eigenvalue weighted by molar-refractivity contribution is -0.141. The minimum absolute atomic E-state index is 0.186. The van der Waals surface area contributed by atoms with Crippen molar-refractivity contribution in [3.63, 3.8) is 0 Å². The van der Waals surface area contributed by atoms with Gasteiger partial charge in [0.05, 0.1) is 24.2 Å². The SMILES string of the molecule is COc1cccc(-n2nnc(C(=O)NCc3ccc(-n4ccc(C(F)(F)F)n4)cc3)c2C)c1. The number of alkyl halides is 3. The van der Waals surface area contributed by atoms with Gasteiger partial charge >= 0.3 is 6.18 Å². The Morgan fingerprint density at radius 2 is 1.85 bits per heavy atom. The van der Waals surface area contributed by atoms with Crippen LogP contribution in [0.25, 0.3) is 11.4 Å². The Balaban J connectivity index is 1.42. The third-order valence-corrected chi connectivity index (χ3v) is 4.94. The van der Waals surface area contributed by atoms with Crippen LogP contribution in [0.2, 0.25) is 0 Å². The summed E-state index contributed by atoms with van der Waals surface area (Å²) in [5.74, 6) is 0.259. The highest BCUT2D eigenvalue weighted by molar-refractivity contribution is 5.93. The standard InChI is InChI=1S/C22H19F3N6O2/c1-14-20(27-29-31(14)17-4-3-5-18(12-17)33-2)21(32)26-13-15-6-8-16(9-7-15)30-11-10-19(28-30)22(23,24)25/h3-12H,13H2,1-2H3,(H,26,32). The largest absolute Gasteiger partial charge is 0.497 e. The fourth-order valence-electron chi connectivity index (χ4n) is 3.18. The molecule has 0 unspecified atom stereocenters. The van der Waals surface area contributed by atoms with Crippen LogP contribution in [-0.4, -0.2) is 37.8 Å². The predicted molar refractivity (Wildman–Crippen MR) is 112 cm³/mol. The first kappa shape index (κ1) is 22.1. The monoisotopic (exact) mass is 456 g/mol. The van der Waals surface area contributed by atoms with E-state index in [2.05, 4.69) is 20.7 Å². The first-order valence-electron chi connectivity index (χ1n) is 9.83. The van der Waals surface area contributed by atoms with E-state index in [1.54, 1.807) is 55.1 Å². The fraction of sp³-hybridized carbons (Fsp3) is 0.182. The minimum atomic E-state index is -4.50. The molecule has 1 N–H and O–H groups in total. The second kappa shape index (κ2) is 8.77. The maximum Gasteiger partial charge on any atom is 0.435 e. The van der Waals surface area contributed by atoms with E-state index in [0.717, 1.165) is 16.3 Å². The summed E-state index contributed by atoms with van der Waals surface area (Å²) in [4.78, 5) is 12.6. The molecule has 0 radical (unpaired) electrons. The molecule has 170 valence electrons. The zero-order valence-electron chi connectivity index (χ0n) is 17.7. The molecule has 33 heavy (non-hydrogen) atoms. The highest BCUT2D eigenvalue weighted by Gasteiger charge is 2.33. The summed E-state index contributed by atoms with van der Waals surface area (Å²) in [6.07, 6.45) is -3.25. The molecule has 0 saturated heterocycles. The molecule has 0 saturated carbocycles. The lowest BCUT2D eigenvalue weighted by atomic mass is 10.2. The molecule has 0 aliphatic rings. The number of halogens is 3. The molecule has 2 aromatic heterocycles. The minimum Gasteiger partial charge on any atom is -0.497 e. The molecule has 0 aliphatic carbocycles. The Kier molecular flexibility index (Phi) is 5.86. The molecular weight excluding hydrogens is 437 g/mol. The number of nitrogens with one attached hydrogen (secondary N) is 1. The number of methoxy groups -OCH3 is 1. The van der Waals surface area contributed by atoms with E-state index in [-0.39, 0.29) is 12.2 Å². The van der Waals surface area contributed by atoms with Gasteiger partial charge in [-0.15, -0.1) is 5.10 Å². The molecule has 1 amide bonds. The summed E-state index contributed by atoms with van der Waals surface area (Å²) in [6, 6.07) is 14.8. The van der Waals surface area contributed by atoms with Crippen molar-refractivity contribution < 1.29 is 22.7 Å². The van der Waals surface area contributed by atoms with Gasteiger partial charge in [-0.05, 0) is 42.8 Å². The molecule has 11 heteroatoms. The van der Waals surface area contributed by atoms with Gasteiger partial charge in [0.1, 0.15) is 5.75 Å². The van der Waals surface area contributed by atoms with E-state index < -0.39 is 17.8 Å². The molecule has 0 fully saturated rings. The molecule has 0 aliphatic heterocycles. The number of hydrogen-bond donors (Lipinski definition) is 1. The lowest BCUT2D eigenvalue weighted by Gasteiger charge is -2.07. The highest BCUT2D eigenvalue weighted by Crippen LogP contribution is 2.28. The van der Waals surface area contributed by atoms with Crippen LogP contribution in [-0.2, 0) is 12.7 Å². The van der Waals surface area contributed by atoms with Crippen LogP contribution < -0.4 is 10.1 Å². The molecule has 0 atom stereocenters. The van der Waals surface area contributed by atoms with Crippen LogP contribution >= 0.6 is 0 Å². The second-order valence-electron chi connectivity index (χ2n) is 7.13. The van der Waals surface area contributed by atoms with Crippen molar-refractivity contribution in [3.8, 4) is 17.1 Å². The third-order valence-electron chi connectivity index (χ3n) is 4.94. The molecule has 0 bridgehead atoms. The van der Waals surface area contributed by atoms with Gasteiger partial charge in [0.2, 0.25) is 0 Å². The number of carbonyl (C=O) groups is 1. The van der Waals surface area contributed by atoms with E-state index in [1.165, 1.54) is 6.20 Å². The summed E-state index contributed by atoms with van der Waals surface area (Å²) in [5, 5.41) is 14.4. The van der Waals surface area contributed by atoms with Crippen molar-refractivity contribution >= 4 is 5.91 Å². The van der Waals surface area contributed by atoms with Crippen molar-refractivity contribution in [1.29, 1.82) is 0 Å². The second-order valence-corrected chi connectivity index (χ2v) is 7.13. The van der Waals surface area contributed by atoms with E-state index >= 15 is 0 Å². The smallest absolute Gasteiger partial charge is 0.435 e. The number of aromatic nitrogens is 5. The van der Waals surface area contributed by atoms with Crippen LogP contribution in [0.1, 0.15) is 27.4 Å². The van der Waals surface area contributed by atoms with Crippen LogP contribution in [0.15, 0.2) is 60.8 Å². The summed E-state index contributed by atoms with van der Waals surface area (Å²) in [5.41, 5.74) is 1.73.